The molecule has 0 amide bonds. The van der Waals surface area contributed by atoms with Crippen molar-refractivity contribution < 1.29 is 9.94 Å². The zero-order valence-corrected chi connectivity index (χ0v) is 10.9. The number of amidine groups is 1. The van der Waals surface area contributed by atoms with Gasteiger partial charge in [0, 0.05) is 24.6 Å². The summed E-state index contributed by atoms with van der Waals surface area (Å²) in [6.45, 7) is 2.76. The van der Waals surface area contributed by atoms with E-state index in [0.29, 0.717) is 13.0 Å². The van der Waals surface area contributed by atoms with Crippen molar-refractivity contribution in [1.29, 1.82) is 0 Å². The van der Waals surface area contributed by atoms with E-state index in [1.54, 1.807) is 7.11 Å². The third-order valence-electron chi connectivity index (χ3n) is 2.85. The minimum atomic E-state index is 0.186. The number of methoxy groups -OCH3 is 1. The first-order valence-electron chi connectivity index (χ1n) is 6.02. The number of para-hydroxylation sites is 1. The molecule has 100 valence electrons. The molecule has 0 bridgehead atoms. The van der Waals surface area contributed by atoms with Crippen molar-refractivity contribution in [3.63, 3.8) is 0 Å². The minimum absolute atomic E-state index is 0.186. The van der Waals surface area contributed by atoms with Crippen LogP contribution in [-0.4, -0.2) is 24.2 Å². The summed E-state index contributed by atoms with van der Waals surface area (Å²) in [4.78, 5) is 0. The average Bonchev–Trinajstić information content (AvgIpc) is 2.43. The fourth-order valence-corrected chi connectivity index (χ4v) is 1.76. The normalized spacial score (nSPS) is 13.3. The molecule has 18 heavy (non-hydrogen) atoms. The Kier molecular flexibility index (Phi) is 6.00. The molecule has 1 aromatic carbocycles. The summed E-state index contributed by atoms with van der Waals surface area (Å²) >= 11 is 0. The van der Waals surface area contributed by atoms with Gasteiger partial charge in [0.2, 0.25) is 0 Å². The van der Waals surface area contributed by atoms with Crippen LogP contribution in [0.4, 0.5) is 0 Å². The lowest BCUT2D eigenvalue weighted by molar-refractivity contribution is 0.315. The van der Waals surface area contributed by atoms with Gasteiger partial charge in [0.25, 0.3) is 0 Å². The number of rotatable bonds is 7. The third-order valence-corrected chi connectivity index (χ3v) is 2.85. The van der Waals surface area contributed by atoms with Crippen molar-refractivity contribution in [2.24, 2.45) is 10.9 Å². The molecule has 5 nitrogen and oxygen atoms in total. The summed E-state index contributed by atoms with van der Waals surface area (Å²) in [6, 6.07) is 8.05. The van der Waals surface area contributed by atoms with E-state index in [0.717, 1.165) is 17.7 Å². The molecule has 1 unspecified atom stereocenters. The Morgan fingerprint density at radius 1 is 1.50 bits per heavy atom. The number of nitrogens with zero attached hydrogens (tertiary/aromatic N) is 1. The quantitative estimate of drug-likeness (QED) is 0.298. The van der Waals surface area contributed by atoms with Crippen LogP contribution < -0.4 is 15.8 Å². The molecule has 1 atom stereocenters. The van der Waals surface area contributed by atoms with Gasteiger partial charge in [-0.3, -0.25) is 0 Å². The Balaban J connectivity index is 2.57. The van der Waals surface area contributed by atoms with Gasteiger partial charge in [-0.15, -0.1) is 0 Å². The molecule has 5 heteroatoms. The van der Waals surface area contributed by atoms with E-state index in [1.165, 1.54) is 0 Å². The molecule has 0 aliphatic carbocycles. The van der Waals surface area contributed by atoms with Crippen LogP contribution in [-0.2, 0) is 6.54 Å². The molecule has 0 spiro atoms. The lowest BCUT2D eigenvalue weighted by Gasteiger charge is -2.17. The highest BCUT2D eigenvalue weighted by atomic mass is 16.5. The van der Waals surface area contributed by atoms with Crippen LogP contribution in [0.2, 0.25) is 0 Å². The monoisotopic (exact) mass is 251 g/mol. The SMILES string of the molecule is CCC(CC(N)=NO)NCc1ccccc1OC. The second kappa shape index (κ2) is 7.55. The fourth-order valence-electron chi connectivity index (χ4n) is 1.76. The van der Waals surface area contributed by atoms with Crippen LogP contribution in [0.25, 0.3) is 0 Å². The van der Waals surface area contributed by atoms with E-state index < -0.39 is 0 Å². The maximum atomic E-state index is 8.56. The molecule has 0 aromatic heterocycles. The van der Waals surface area contributed by atoms with E-state index in [2.05, 4.69) is 17.4 Å². The average molecular weight is 251 g/mol. The lowest BCUT2D eigenvalue weighted by atomic mass is 10.1. The van der Waals surface area contributed by atoms with Gasteiger partial charge in [0.05, 0.1) is 7.11 Å². The second-order valence-corrected chi connectivity index (χ2v) is 4.09. The number of hydrogen-bond donors (Lipinski definition) is 3. The standard InChI is InChI=1S/C13H21N3O2/c1-3-11(8-13(14)16-17)15-9-10-6-4-5-7-12(10)18-2/h4-7,11,15,17H,3,8-9H2,1-2H3,(H2,14,16). The Labute approximate surface area is 108 Å². The van der Waals surface area contributed by atoms with Crippen molar-refractivity contribution in [2.45, 2.75) is 32.4 Å². The van der Waals surface area contributed by atoms with Crippen LogP contribution >= 0.6 is 0 Å². The highest BCUT2D eigenvalue weighted by molar-refractivity contribution is 5.80. The van der Waals surface area contributed by atoms with Crippen LogP contribution in [0.1, 0.15) is 25.3 Å². The molecular weight excluding hydrogens is 230 g/mol. The number of oxime groups is 1. The molecule has 0 radical (unpaired) electrons. The zero-order valence-electron chi connectivity index (χ0n) is 10.9. The summed E-state index contributed by atoms with van der Waals surface area (Å²) in [6.07, 6.45) is 1.44. The van der Waals surface area contributed by atoms with E-state index in [-0.39, 0.29) is 11.9 Å². The van der Waals surface area contributed by atoms with Gasteiger partial charge in [-0.25, -0.2) is 0 Å². The van der Waals surface area contributed by atoms with Crippen molar-refractivity contribution in [3.8, 4) is 5.75 Å². The van der Waals surface area contributed by atoms with Crippen molar-refractivity contribution >= 4 is 5.84 Å². The maximum absolute atomic E-state index is 8.56. The number of benzene rings is 1. The molecule has 0 saturated carbocycles. The van der Waals surface area contributed by atoms with Gasteiger partial charge in [-0.05, 0) is 12.5 Å². The van der Waals surface area contributed by atoms with Crippen LogP contribution in [0, 0.1) is 0 Å². The van der Waals surface area contributed by atoms with Gasteiger partial charge < -0.3 is 21.0 Å². The summed E-state index contributed by atoms with van der Waals surface area (Å²) in [5.74, 6) is 1.11. The summed E-state index contributed by atoms with van der Waals surface area (Å²) in [7, 11) is 1.66. The molecule has 0 saturated heterocycles. The summed E-state index contributed by atoms with van der Waals surface area (Å²) in [5, 5.41) is 14.9. The summed E-state index contributed by atoms with van der Waals surface area (Å²) < 4.78 is 5.29. The predicted octanol–water partition coefficient (Wildman–Crippen LogP) is 1.70. The molecule has 0 heterocycles. The Morgan fingerprint density at radius 2 is 2.22 bits per heavy atom. The van der Waals surface area contributed by atoms with E-state index >= 15 is 0 Å². The Bertz CT molecular complexity index is 394. The number of nitrogens with two attached hydrogens (primary N) is 1. The van der Waals surface area contributed by atoms with Crippen LogP contribution in [0.5, 0.6) is 5.75 Å². The lowest BCUT2D eigenvalue weighted by Crippen LogP contribution is -2.32. The van der Waals surface area contributed by atoms with Gasteiger partial charge in [-0.2, -0.15) is 0 Å². The first-order valence-corrected chi connectivity index (χ1v) is 6.02. The Hall–Kier alpha value is -1.75. The largest absolute Gasteiger partial charge is 0.496 e. The zero-order chi connectivity index (χ0) is 13.4. The van der Waals surface area contributed by atoms with E-state index in [1.807, 2.05) is 24.3 Å². The molecular formula is C13H21N3O2. The van der Waals surface area contributed by atoms with E-state index in [4.69, 9.17) is 15.7 Å². The molecule has 1 rings (SSSR count). The fraction of sp³-hybridized carbons (Fsp3) is 0.462. The number of hydrogen-bond acceptors (Lipinski definition) is 4. The van der Waals surface area contributed by atoms with Crippen LogP contribution in [0.15, 0.2) is 29.4 Å². The van der Waals surface area contributed by atoms with Gasteiger partial charge >= 0.3 is 0 Å². The van der Waals surface area contributed by atoms with Gasteiger partial charge in [0.15, 0.2) is 0 Å². The molecule has 1 aromatic rings. The highest BCUT2D eigenvalue weighted by Crippen LogP contribution is 2.17. The first kappa shape index (κ1) is 14.3. The second-order valence-electron chi connectivity index (χ2n) is 4.09. The predicted molar refractivity (Wildman–Crippen MR) is 71.9 cm³/mol. The van der Waals surface area contributed by atoms with Crippen molar-refractivity contribution in [3.05, 3.63) is 29.8 Å². The number of ether oxygens (including phenoxy) is 1. The summed E-state index contributed by atoms with van der Waals surface area (Å²) in [5.41, 5.74) is 6.61. The maximum Gasteiger partial charge on any atom is 0.140 e. The highest BCUT2D eigenvalue weighted by Gasteiger charge is 2.09. The third kappa shape index (κ3) is 4.25. The Morgan fingerprint density at radius 3 is 2.83 bits per heavy atom. The number of nitrogens with one attached hydrogen (secondary N) is 1. The topological polar surface area (TPSA) is 79.9 Å². The smallest absolute Gasteiger partial charge is 0.140 e. The van der Waals surface area contributed by atoms with Gasteiger partial charge in [0.1, 0.15) is 11.6 Å². The van der Waals surface area contributed by atoms with Gasteiger partial charge in [-0.1, -0.05) is 30.3 Å². The molecule has 0 aliphatic heterocycles. The molecule has 0 aliphatic rings. The molecule has 4 N–H and O–H groups in total. The van der Waals surface area contributed by atoms with Crippen molar-refractivity contribution in [1.82, 2.24) is 5.32 Å². The minimum Gasteiger partial charge on any atom is -0.496 e. The first-order chi connectivity index (χ1) is 8.71. The van der Waals surface area contributed by atoms with E-state index in [9.17, 15) is 0 Å². The molecule has 0 fully saturated rings. The van der Waals surface area contributed by atoms with Crippen LogP contribution in [0.3, 0.4) is 0 Å². The van der Waals surface area contributed by atoms with Crippen molar-refractivity contribution in [2.75, 3.05) is 7.11 Å².